The van der Waals surface area contributed by atoms with Crippen LogP contribution in [-0.4, -0.2) is 30.5 Å². The molecule has 0 radical (unpaired) electrons. The van der Waals surface area contributed by atoms with Crippen molar-refractivity contribution in [2.24, 2.45) is 0 Å². The maximum Gasteiger partial charge on any atom is 0.261 e. The lowest BCUT2D eigenvalue weighted by Crippen LogP contribution is -2.15. The number of methoxy groups -OCH3 is 1. The normalized spacial score (nSPS) is 9.96. The van der Waals surface area contributed by atoms with E-state index in [9.17, 15) is 9.59 Å². The van der Waals surface area contributed by atoms with Gasteiger partial charge in [0.1, 0.15) is 11.3 Å². The molecule has 0 bridgehead atoms. The van der Waals surface area contributed by atoms with Gasteiger partial charge in [-0.3, -0.25) is 9.59 Å². The maximum absolute atomic E-state index is 12.5. The average molecular weight is 329 g/mol. The number of anilines is 2. The van der Waals surface area contributed by atoms with Gasteiger partial charge in [0, 0.05) is 18.8 Å². The van der Waals surface area contributed by atoms with Crippen LogP contribution in [0.5, 0.6) is 11.6 Å². The highest BCUT2D eigenvalue weighted by Crippen LogP contribution is 2.29. The Labute approximate surface area is 140 Å². The number of benzene rings is 1. The fourth-order valence-corrected chi connectivity index (χ4v) is 2.09. The van der Waals surface area contributed by atoms with E-state index in [-0.39, 0.29) is 17.7 Å². The van der Waals surface area contributed by atoms with Crippen molar-refractivity contribution in [3.8, 4) is 11.6 Å². The van der Waals surface area contributed by atoms with Gasteiger partial charge in [-0.25, -0.2) is 4.98 Å². The van der Waals surface area contributed by atoms with Gasteiger partial charge >= 0.3 is 0 Å². The molecule has 1 heterocycles. The van der Waals surface area contributed by atoms with Gasteiger partial charge in [-0.15, -0.1) is 0 Å². The van der Waals surface area contributed by atoms with E-state index >= 15 is 0 Å². The Morgan fingerprint density at radius 2 is 2.00 bits per heavy atom. The van der Waals surface area contributed by atoms with Crippen molar-refractivity contribution in [1.82, 2.24) is 4.98 Å². The Bertz CT molecular complexity index is 746. The molecule has 0 fully saturated rings. The summed E-state index contributed by atoms with van der Waals surface area (Å²) in [6.45, 7) is 3.63. The van der Waals surface area contributed by atoms with Crippen LogP contribution in [-0.2, 0) is 4.79 Å². The molecule has 0 aliphatic carbocycles. The van der Waals surface area contributed by atoms with Crippen LogP contribution in [0.3, 0.4) is 0 Å². The maximum atomic E-state index is 12.5. The lowest BCUT2D eigenvalue weighted by molar-refractivity contribution is -0.114. The number of carbonyl (C=O) groups excluding carboxylic acids is 2. The number of rotatable bonds is 6. The fraction of sp³-hybridized carbons (Fsp3) is 0.235. The second-order valence-electron chi connectivity index (χ2n) is 4.84. The van der Waals surface area contributed by atoms with Gasteiger partial charge in [-0.1, -0.05) is 0 Å². The van der Waals surface area contributed by atoms with Gasteiger partial charge in [0.05, 0.1) is 19.4 Å². The molecule has 1 aromatic carbocycles. The highest BCUT2D eigenvalue weighted by atomic mass is 16.5. The zero-order chi connectivity index (χ0) is 17.5. The first-order valence-corrected chi connectivity index (χ1v) is 7.40. The number of pyridine rings is 1. The van der Waals surface area contributed by atoms with Crippen LogP contribution in [0, 0.1) is 0 Å². The summed E-state index contributed by atoms with van der Waals surface area (Å²) in [5.74, 6) is 0.141. The Morgan fingerprint density at radius 1 is 1.21 bits per heavy atom. The van der Waals surface area contributed by atoms with E-state index < -0.39 is 0 Å². The molecular weight excluding hydrogens is 310 g/mol. The standard InChI is InChI=1S/C17H19N3O4/c1-4-24-17-13(6-5-9-18-17)16(22)20-14-10-12(19-11(2)21)7-8-15(14)23-3/h5-10H,4H2,1-3H3,(H,19,21)(H,20,22). The third-order valence-corrected chi connectivity index (χ3v) is 3.06. The molecule has 1 aromatic heterocycles. The number of aromatic nitrogens is 1. The van der Waals surface area contributed by atoms with Crippen LogP contribution >= 0.6 is 0 Å². The SMILES string of the molecule is CCOc1ncccc1C(=O)Nc1cc(NC(C)=O)ccc1OC. The van der Waals surface area contributed by atoms with Crippen molar-refractivity contribution in [3.63, 3.8) is 0 Å². The molecular formula is C17H19N3O4. The molecule has 0 atom stereocenters. The summed E-state index contributed by atoms with van der Waals surface area (Å²) in [5.41, 5.74) is 1.29. The Morgan fingerprint density at radius 3 is 2.67 bits per heavy atom. The highest BCUT2D eigenvalue weighted by Gasteiger charge is 2.16. The number of nitrogens with zero attached hydrogens (tertiary/aromatic N) is 1. The monoisotopic (exact) mass is 329 g/mol. The van der Waals surface area contributed by atoms with Crippen LogP contribution in [0.15, 0.2) is 36.5 Å². The van der Waals surface area contributed by atoms with Crippen LogP contribution in [0.1, 0.15) is 24.2 Å². The Kier molecular flexibility index (Phi) is 5.73. The molecule has 126 valence electrons. The van der Waals surface area contributed by atoms with Gasteiger partial charge in [0.15, 0.2) is 0 Å². The fourth-order valence-electron chi connectivity index (χ4n) is 2.09. The van der Waals surface area contributed by atoms with Crippen LogP contribution in [0.4, 0.5) is 11.4 Å². The summed E-state index contributed by atoms with van der Waals surface area (Å²) in [7, 11) is 1.50. The van der Waals surface area contributed by atoms with E-state index in [0.29, 0.717) is 29.3 Å². The van der Waals surface area contributed by atoms with Crippen molar-refractivity contribution in [2.75, 3.05) is 24.4 Å². The summed E-state index contributed by atoms with van der Waals surface area (Å²) in [5, 5.41) is 5.41. The second kappa shape index (κ2) is 7.96. The van der Waals surface area contributed by atoms with Crippen molar-refractivity contribution in [3.05, 3.63) is 42.1 Å². The third kappa shape index (κ3) is 4.22. The van der Waals surface area contributed by atoms with E-state index in [1.807, 2.05) is 6.92 Å². The predicted octanol–water partition coefficient (Wildman–Crippen LogP) is 2.70. The van der Waals surface area contributed by atoms with Crippen molar-refractivity contribution in [1.29, 1.82) is 0 Å². The molecule has 2 rings (SSSR count). The summed E-state index contributed by atoms with van der Waals surface area (Å²) in [4.78, 5) is 27.8. The van der Waals surface area contributed by atoms with Crippen molar-refractivity contribution >= 4 is 23.2 Å². The largest absolute Gasteiger partial charge is 0.495 e. The minimum absolute atomic E-state index is 0.205. The smallest absolute Gasteiger partial charge is 0.261 e. The van der Waals surface area contributed by atoms with Gasteiger partial charge < -0.3 is 20.1 Å². The molecule has 7 nitrogen and oxygen atoms in total. The van der Waals surface area contributed by atoms with Crippen LogP contribution < -0.4 is 20.1 Å². The number of carbonyl (C=O) groups is 2. The number of amides is 2. The molecule has 2 amide bonds. The van der Waals surface area contributed by atoms with Gasteiger partial charge in [-0.05, 0) is 37.3 Å². The number of hydrogen-bond donors (Lipinski definition) is 2. The van der Waals surface area contributed by atoms with Gasteiger partial charge in [0.25, 0.3) is 5.91 Å². The zero-order valence-corrected chi connectivity index (χ0v) is 13.8. The lowest BCUT2D eigenvalue weighted by Gasteiger charge is -2.13. The van der Waals surface area contributed by atoms with Gasteiger partial charge in [-0.2, -0.15) is 0 Å². The summed E-state index contributed by atoms with van der Waals surface area (Å²) in [6.07, 6.45) is 1.56. The first-order chi connectivity index (χ1) is 11.5. The number of ether oxygens (including phenoxy) is 2. The lowest BCUT2D eigenvalue weighted by atomic mass is 10.2. The zero-order valence-electron chi connectivity index (χ0n) is 13.8. The minimum Gasteiger partial charge on any atom is -0.495 e. The van der Waals surface area contributed by atoms with E-state index in [1.54, 1.807) is 36.5 Å². The van der Waals surface area contributed by atoms with E-state index in [1.165, 1.54) is 14.0 Å². The van der Waals surface area contributed by atoms with Crippen LogP contribution in [0.25, 0.3) is 0 Å². The average Bonchev–Trinajstić information content (AvgIpc) is 2.55. The highest BCUT2D eigenvalue weighted by molar-refractivity contribution is 6.07. The molecule has 0 spiro atoms. The van der Waals surface area contributed by atoms with E-state index in [2.05, 4.69) is 15.6 Å². The third-order valence-electron chi connectivity index (χ3n) is 3.06. The van der Waals surface area contributed by atoms with Crippen LogP contribution in [0.2, 0.25) is 0 Å². The molecule has 0 saturated heterocycles. The second-order valence-corrected chi connectivity index (χ2v) is 4.84. The molecule has 2 aromatic rings. The molecule has 24 heavy (non-hydrogen) atoms. The van der Waals surface area contributed by atoms with E-state index in [4.69, 9.17) is 9.47 Å². The molecule has 0 unspecified atom stereocenters. The molecule has 7 heteroatoms. The number of nitrogens with one attached hydrogen (secondary N) is 2. The summed E-state index contributed by atoms with van der Waals surface area (Å²) >= 11 is 0. The molecule has 2 N–H and O–H groups in total. The summed E-state index contributed by atoms with van der Waals surface area (Å²) in [6, 6.07) is 8.24. The number of hydrogen-bond acceptors (Lipinski definition) is 5. The van der Waals surface area contributed by atoms with Gasteiger partial charge in [0.2, 0.25) is 11.8 Å². The quantitative estimate of drug-likeness (QED) is 0.850. The Hall–Kier alpha value is -3.09. The molecule has 0 aliphatic rings. The van der Waals surface area contributed by atoms with Crippen molar-refractivity contribution < 1.29 is 19.1 Å². The molecule has 0 aliphatic heterocycles. The van der Waals surface area contributed by atoms with Crippen molar-refractivity contribution in [2.45, 2.75) is 13.8 Å². The minimum atomic E-state index is -0.384. The summed E-state index contributed by atoms with van der Waals surface area (Å²) < 4.78 is 10.6. The Balaban J connectivity index is 2.29. The molecule has 0 saturated carbocycles. The first-order valence-electron chi connectivity index (χ1n) is 7.40. The first kappa shape index (κ1) is 17.3. The van der Waals surface area contributed by atoms with E-state index in [0.717, 1.165) is 0 Å². The topological polar surface area (TPSA) is 89.5 Å². The predicted molar refractivity (Wildman–Crippen MR) is 90.7 cm³/mol.